The molecule has 0 unspecified atom stereocenters. The zero-order valence-electron chi connectivity index (χ0n) is 18.4. The summed E-state index contributed by atoms with van der Waals surface area (Å²) < 4.78 is 34.0. The van der Waals surface area contributed by atoms with Crippen LogP contribution >= 0.6 is 22.9 Å². The fourth-order valence-electron chi connectivity index (χ4n) is 3.57. The van der Waals surface area contributed by atoms with E-state index in [1.165, 1.54) is 15.6 Å². The number of hydrogen-bond acceptors (Lipinski definition) is 7. The predicted octanol–water partition coefficient (Wildman–Crippen LogP) is 4.76. The molecule has 1 aromatic heterocycles. The lowest BCUT2D eigenvalue weighted by Gasteiger charge is -2.34. The van der Waals surface area contributed by atoms with Gasteiger partial charge < -0.3 is 4.74 Å². The van der Waals surface area contributed by atoms with Gasteiger partial charge >= 0.3 is 0 Å². The molecule has 11 heteroatoms. The van der Waals surface area contributed by atoms with Gasteiger partial charge in [0.05, 0.1) is 17.1 Å². The molecule has 5 rings (SSSR count). The molecule has 8 nitrogen and oxygen atoms in total. The molecule has 0 radical (unpaired) electrons. The molecular weight excluding hydrogens is 508 g/mol. The highest BCUT2D eigenvalue weighted by Crippen LogP contribution is 2.37. The van der Waals surface area contributed by atoms with Gasteiger partial charge in [0.25, 0.3) is 15.9 Å². The van der Waals surface area contributed by atoms with Gasteiger partial charge in [-0.25, -0.2) is 8.42 Å². The van der Waals surface area contributed by atoms with Crippen molar-refractivity contribution in [2.24, 2.45) is 0 Å². The van der Waals surface area contributed by atoms with Gasteiger partial charge in [0.2, 0.25) is 5.13 Å². The van der Waals surface area contributed by atoms with E-state index in [1.54, 1.807) is 60.7 Å². The van der Waals surface area contributed by atoms with Crippen LogP contribution in [0.25, 0.3) is 10.6 Å². The van der Waals surface area contributed by atoms with E-state index < -0.39 is 22.0 Å². The molecule has 1 aliphatic heterocycles. The third-order valence-electron chi connectivity index (χ3n) is 5.38. The number of benzene rings is 3. The van der Waals surface area contributed by atoms with Gasteiger partial charge in [0.1, 0.15) is 10.8 Å². The summed E-state index contributed by atoms with van der Waals surface area (Å²) in [5, 5.41) is 12.3. The Hall–Kier alpha value is -3.47. The molecule has 0 bridgehead atoms. The second kappa shape index (κ2) is 9.29. The van der Waals surface area contributed by atoms with Crippen LogP contribution in [-0.4, -0.2) is 37.2 Å². The number of carbonyl (C=O) groups excluding carboxylic acids is 1. The number of fused-ring (bicyclic) bond motifs is 1. The summed E-state index contributed by atoms with van der Waals surface area (Å²) in [6.45, 7) is 1.69. The number of sulfonamides is 1. The van der Waals surface area contributed by atoms with Crippen LogP contribution in [0, 0.1) is 6.92 Å². The SMILES string of the molecule is Cc1ccc(S(=O)(=O)N2C[C@H](C(=O)Nc3nnc(-c4ccc(Cl)cc4)s3)Oc3ccccc32)cc1. The molecule has 1 amide bonds. The average Bonchev–Trinajstić information content (AvgIpc) is 3.32. The monoisotopic (exact) mass is 526 g/mol. The number of ether oxygens (including phenoxy) is 1. The normalized spacial score (nSPS) is 15.3. The van der Waals surface area contributed by atoms with Crippen molar-refractivity contribution in [3.63, 3.8) is 0 Å². The largest absolute Gasteiger partial charge is 0.476 e. The van der Waals surface area contributed by atoms with E-state index >= 15 is 0 Å². The lowest BCUT2D eigenvalue weighted by Crippen LogP contribution is -2.48. The molecule has 3 aromatic carbocycles. The van der Waals surface area contributed by atoms with Gasteiger partial charge in [-0.2, -0.15) is 0 Å². The molecule has 4 aromatic rings. The summed E-state index contributed by atoms with van der Waals surface area (Å²) in [5.74, 6) is -0.226. The Morgan fingerprint density at radius 3 is 2.51 bits per heavy atom. The summed E-state index contributed by atoms with van der Waals surface area (Å²) in [6.07, 6.45) is -1.09. The van der Waals surface area contributed by atoms with Crippen molar-refractivity contribution in [3.8, 4) is 16.3 Å². The Morgan fingerprint density at radius 1 is 1.06 bits per heavy atom. The number of nitrogens with zero attached hydrogens (tertiary/aromatic N) is 3. The minimum absolute atomic E-state index is 0.135. The summed E-state index contributed by atoms with van der Waals surface area (Å²) >= 11 is 7.12. The fourth-order valence-corrected chi connectivity index (χ4v) is 5.93. The number of amides is 1. The zero-order valence-corrected chi connectivity index (χ0v) is 20.8. The van der Waals surface area contributed by atoms with Crippen molar-refractivity contribution in [2.45, 2.75) is 17.9 Å². The lowest BCUT2D eigenvalue weighted by molar-refractivity contribution is -0.122. The first-order valence-corrected chi connectivity index (χ1v) is 13.2. The van der Waals surface area contributed by atoms with Crippen LogP contribution in [-0.2, 0) is 14.8 Å². The van der Waals surface area contributed by atoms with Crippen molar-refractivity contribution in [1.82, 2.24) is 10.2 Å². The fraction of sp³-hybridized carbons (Fsp3) is 0.125. The predicted molar refractivity (Wildman–Crippen MR) is 136 cm³/mol. The maximum absolute atomic E-state index is 13.5. The van der Waals surface area contributed by atoms with Crippen LogP contribution in [0.1, 0.15) is 5.56 Å². The molecule has 0 aliphatic carbocycles. The van der Waals surface area contributed by atoms with E-state index in [4.69, 9.17) is 16.3 Å². The highest BCUT2D eigenvalue weighted by molar-refractivity contribution is 7.92. The Balaban J connectivity index is 1.40. The Bertz CT molecular complexity index is 1490. The molecular formula is C24H19ClN4O4S2. The standard InChI is InChI=1S/C24H19ClN4O4S2/c1-15-6-12-18(13-7-15)35(31,32)29-14-21(33-20-5-3-2-4-19(20)29)22(30)26-24-28-27-23(34-24)16-8-10-17(25)11-9-16/h2-13,21H,14H2,1H3,(H,26,28,30)/t21-/m1/s1. The number of aryl methyl sites for hydroxylation is 1. The van der Waals surface area contributed by atoms with Gasteiger partial charge in [0, 0.05) is 10.6 Å². The number of hydrogen-bond donors (Lipinski definition) is 1. The third kappa shape index (κ3) is 4.72. The number of carbonyl (C=O) groups is 1. The van der Waals surface area contributed by atoms with Crippen molar-refractivity contribution < 1.29 is 17.9 Å². The van der Waals surface area contributed by atoms with Gasteiger partial charge in [-0.1, -0.05) is 64.9 Å². The molecule has 0 saturated carbocycles. The first-order valence-electron chi connectivity index (χ1n) is 10.6. The molecule has 35 heavy (non-hydrogen) atoms. The molecule has 1 aliphatic rings. The van der Waals surface area contributed by atoms with Crippen molar-refractivity contribution in [3.05, 3.63) is 83.4 Å². The van der Waals surface area contributed by atoms with E-state index in [0.717, 1.165) is 11.1 Å². The zero-order chi connectivity index (χ0) is 24.6. The van der Waals surface area contributed by atoms with Crippen LogP contribution in [0.2, 0.25) is 5.02 Å². The summed E-state index contributed by atoms with van der Waals surface area (Å²) in [6, 6.07) is 20.4. The van der Waals surface area contributed by atoms with Gasteiger partial charge in [0.15, 0.2) is 6.10 Å². The maximum atomic E-state index is 13.5. The van der Waals surface area contributed by atoms with Crippen molar-refractivity contribution in [1.29, 1.82) is 0 Å². The van der Waals surface area contributed by atoms with Crippen LogP contribution in [0.4, 0.5) is 10.8 Å². The lowest BCUT2D eigenvalue weighted by atomic mass is 10.2. The van der Waals surface area contributed by atoms with E-state index in [1.807, 2.05) is 19.1 Å². The molecule has 1 N–H and O–H groups in total. The first-order chi connectivity index (χ1) is 16.8. The third-order valence-corrected chi connectivity index (χ3v) is 8.32. The molecule has 178 valence electrons. The second-order valence-electron chi connectivity index (χ2n) is 7.83. The number of rotatable bonds is 5. The minimum atomic E-state index is -3.93. The summed E-state index contributed by atoms with van der Waals surface area (Å²) in [7, 11) is -3.93. The quantitative estimate of drug-likeness (QED) is 0.402. The highest BCUT2D eigenvalue weighted by atomic mass is 35.5. The van der Waals surface area contributed by atoms with Gasteiger partial charge in [-0.05, 0) is 43.3 Å². The first kappa shape index (κ1) is 23.3. The van der Waals surface area contributed by atoms with Crippen LogP contribution in [0.15, 0.2) is 77.7 Å². The highest BCUT2D eigenvalue weighted by Gasteiger charge is 2.37. The smallest absolute Gasteiger partial charge is 0.269 e. The average molecular weight is 527 g/mol. The van der Waals surface area contributed by atoms with Gasteiger partial charge in [-0.15, -0.1) is 10.2 Å². The van der Waals surface area contributed by atoms with Crippen molar-refractivity contribution in [2.75, 3.05) is 16.2 Å². The Kier molecular flexibility index (Phi) is 6.18. The molecule has 0 saturated heterocycles. The molecule has 0 fully saturated rings. The second-order valence-corrected chi connectivity index (χ2v) is 11.1. The van der Waals surface area contributed by atoms with E-state index in [0.29, 0.717) is 21.5 Å². The summed E-state index contributed by atoms with van der Waals surface area (Å²) in [5.41, 5.74) is 2.13. The molecule has 1 atom stereocenters. The Labute approximate surface area is 211 Å². The summed E-state index contributed by atoms with van der Waals surface area (Å²) in [4.78, 5) is 13.2. The van der Waals surface area contributed by atoms with E-state index in [2.05, 4.69) is 15.5 Å². The van der Waals surface area contributed by atoms with Crippen LogP contribution in [0.5, 0.6) is 5.75 Å². The maximum Gasteiger partial charge on any atom is 0.269 e. The topological polar surface area (TPSA) is 101 Å². The van der Waals surface area contributed by atoms with Crippen LogP contribution < -0.4 is 14.4 Å². The molecule has 2 heterocycles. The van der Waals surface area contributed by atoms with E-state index in [-0.39, 0.29) is 16.6 Å². The van der Waals surface area contributed by atoms with E-state index in [9.17, 15) is 13.2 Å². The molecule has 0 spiro atoms. The number of nitrogens with one attached hydrogen (secondary N) is 1. The van der Waals surface area contributed by atoms with Crippen LogP contribution in [0.3, 0.4) is 0 Å². The Morgan fingerprint density at radius 2 is 1.77 bits per heavy atom. The van der Waals surface area contributed by atoms with Crippen molar-refractivity contribution >= 4 is 49.7 Å². The number of para-hydroxylation sites is 2. The number of anilines is 2. The minimum Gasteiger partial charge on any atom is -0.476 e. The van der Waals surface area contributed by atoms with Gasteiger partial charge in [-0.3, -0.25) is 14.4 Å². The number of halogens is 1. The number of aromatic nitrogens is 2.